The molecule has 86 valence electrons. The zero-order valence-corrected chi connectivity index (χ0v) is 10.1. The number of ether oxygens (including phenoxy) is 1. The molecule has 0 amide bonds. The van der Waals surface area contributed by atoms with Crippen molar-refractivity contribution in [2.75, 3.05) is 0 Å². The first-order valence-corrected chi connectivity index (χ1v) is 5.83. The smallest absolute Gasteiger partial charge is 0.179 e. The molecule has 1 aromatic rings. The number of hydrogen-bond donors (Lipinski definition) is 0. The van der Waals surface area contributed by atoms with Crippen molar-refractivity contribution >= 4 is 5.78 Å². The van der Waals surface area contributed by atoms with Crippen molar-refractivity contribution in [3.05, 3.63) is 29.8 Å². The van der Waals surface area contributed by atoms with Gasteiger partial charge in [0.2, 0.25) is 0 Å². The predicted molar refractivity (Wildman–Crippen MR) is 63.6 cm³/mol. The topological polar surface area (TPSA) is 26.3 Å². The first-order chi connectivity index (χ1) is 7.54. The van der Waals surface area contributed by atoms with Crippen LogP contribution in [-0.4, -0.2) is 11.9 Å². The van der Waals surface area contributed by atoms with E-state index in [1.807, 2.05) is 45.0 Å². The Labute approximate surface area is 96.6 Å². The van der Waals surface area contributed by atoms with E-state index in [2.05, 4.69) is 0 Å². The Kier molecular flexibility index (Phi) is 2.75. The quantitative estimate of drug-likeness (QED) is 0.779. The van der Waals surface area contributed by atoms with E-state index in [0.29, 0.717) is 0 Å². The molecule has 2 nitrogen and oxygen atoms in total. The molecule has 0 spiro atoms. The molecule has 0 N–H and O–H groups in total. The van der Waals surface area contributed by atoms with Gasteiger partial charge >= 0.3 is 0 Å². The number of fused-ring (bicyclic) bond motifs is 1. The molecule has 1 atom stereocenters. The summed E-state index contributed by atoms with van der Waals surface area (Å²) >= 11 is 0. The molecular weight excluding hydrogens is 200 g/mol. The van der Waals surface area contributed by atoms with E-state index in [1.54, 1.807) is 0 Å². The van der Waals surface area contributed by atoms with Crippen LogP contribution in [0.1, 0.15) is 32.8 Å². The normalized spacial score (nSPS) is 19.1. The van der Waals surface area contributed by atoms with Gasteiger partial charge in [-0.3, -0.25) is 4.79 Å². The zero-order valence-electron chi connectivity index (χ0n) is 10.1. The van der Waals surface area contributed by atoms with Crippen molar-refractivity contribution in [2.24, 2.45) is 5.41 Å². The van der Waals surface area contributed by atoms with Crippen LogP contribution >= 0.6 is 0 Å². The van der Waals surface area contributed by atoms with Gasteiger partial charge < -0.3 is 4.74 Å². The van der Waals surface area contributed by atoms with Crippen molar-refractivity contribution in [3.8, 4) is 5.75 Å². The molecule has 2 heteroatoms. The van der Waals surface area contributed by atoms with E-state index in [9.17, 15) is 4.79 Å². The first-order valence-electron chi connectivity index (χ1n) is 5.83. The number of carbonyl (C=O) groups excluding carboxylic acids is 1. The highest BCUT2D eigenvalue weighted by Gasteiger charge is 2.37. The van der Waals surface area contributed by atoms with Gasteiger partial charge in [-0.2, -0.15) is 0 Å². The standard InChI is InChI=1S/C14H18O2/c1-4-14(2,3)13(15)12-9-10-7-5-6-8-11(10)16-12/h5-8,12H,4,9H2,1-3H3. The molecule has 1 aromatic carbocycles. The maximum absolute atomic E-state index is 12.2. The number of carbonyl (C=O) groups is 1. The van der Waals surface area contributed by atoms with Gasteiger partial charge in [-0.05, 0) is 18.1 Å². The Hall–Kier alpha value is -1.31. The van der Waals surface area contributed by atoms with E-state index in [1.165, 1.54) is 0 Å². The van der Waals surface area contributed by atoms with Crippen molar-refractivity contribution in [1.29, 1.82) is 0 Å². The number of benzene rings is 1. The van der Waals surface area contributed by atoms with Crippen LogP contribution in [0.4, 0.5) is 0 Å². The zero-order chi connectivity index (χ0) is 11.8. The third-order valence-electron chi connectivity index (χ3n) is 3.49. The molecule has 0 fully saturated rings. The van der Waals surface area contributed by atoms with Crippen LogP contribution in [0, 0.1) is 5.41 Å². The Bertz CT molecular complexity index is 382. The highest BCUT2D eigenvalue weighted by molar-refractivity contribution is 5.89. The monoisotopic (exact) mass is 218 g/mol. The molecule has 0 saturated heterocycles. The van der Waals surface area contributed by atoms with Crippen molar-refractivity contribution in [3.63, 3.8) is 0 Å². The molecule has 0 bridgehead atoms. The summed E-state index contributed by atoms with van der Waals surface area (Å²) in [5, 5.41) is 0. The lowest BCUT2D eigenvalue weighted by Gasteiger charge is -2.24. The lowest BCUT2D eigenvalue weighted by atomic mass is 9.82. The van der Waals surface area contributed by atoms with Gasteiger partial charge in [-0.15, -0.1) is 0 Å². The number of hydrogen-bond acceptors (Lipinski definition) is 2. The van der Waals surface area contributed by atoms with Crippen molar-refractivity contribution < 1.29 is 9.53 Å². The largest absolute Gasteiger partial charge is 0.482 e. The maximum Gasteiger partial charge on any atom is 0.179 e. The highest BCUT2D eigenvalue weighted by atomic mass is 16.5. The summed E-state index contributed by atoms with van der Waals surface area (Å²) in [6.07, 6.45) is 1.29. The van der Waals surface area contributed by atoms with Gasteiger partial charge in [-0.1, -0.05) is 39.0 Å². The van der Waals surface area contributed by atoms with Gasteiger partial charge in [0.05, 0.1) is 0 Å². The molecule has 0 saturated carbocycles. The summed E-state index contributed by atoms with van der Waals surface area (Å²) in [6, 6.07) is 7.89. The van der Waals surface area contributed by atoms with Gasteiger partial charge in [0.1, 0.15) is 5.75 Å². The van der Waals surface area contributed by atoms with Crippen LogP contribution in [0.5, 0.6) is 5.75 Å². The highest BCUT2D eigenvalue weighted by Crippen LogP contribution is 2.33. The number of rotatable bonds is 3. The Balaban J connectivity index is 2.15. The van der Waals surface area contributed by atoms with Crippen LogP contribution in [-0.2, 0) is 11.2 Å². The molecule has 16 heavy (non-hydrogen) atoms. The number of Topliss-reactive ketones (excluding diaryl/α,β-unsaturated/α-hetero) is 1. The van der Waals surface area contributed by atoms with Crippen LogP contribution in [0.25, 0.3) is 0 Å². The van der Waals surface area contributed by atoms with Crippen molar-refractivity contribution in [2.45, 2.75) is 39.7 Å². The van der Waals surface area contributed by atoms with Crippen LogP contribution in [0.2, 0.25) is 0 Å². The van der Waals surface area contributed by atoms with E-state index < -0.39 is 0 Å². The second-order valence-electron chi connectivity index (χ2n) is 5.02. The van der Waals surface area contributed by atoms with E-state index >= 15 is 0 Å². The summed E-state index contributed by atoms with van der Waals surface area (Å²) in [7, 11) is 0. The van der Waals surface area contributed by atoms with E-state index in [-0.39, 0.29) is 17.3 Å². The third kappa shape index (κ3) is 1.84. The summed E-state index contributed by atoms with van der Waals surface area (Å²) in [5.41, 5.74) is 0.861. The minimum Gasteiger partial charge on any atom is -0.482 e. The molecular formula is C14H18O2. The Morgan fingerprint density at radius 3 is 2.75 bits per heavy atom. The van der Waals surface area contributed by atoms with Gasteiger partial charge in [0.15, 0.2) is 11.9 Å². The molecule has 1 unspecified atom stereocenters. The van der Waals surface area contributed by atoms with Crippen LogP contribution in [0.15, 0.2) is 24.3 Å². The summed E-state index contributed by atoms with van der Waals surface area (Å²) < 4.78 is 5.71. The minimum absolute atomic E-state index is 0.214. The Morgan fingerprint density at radius 1 is 1.44 bits per heavy atom. The number of ketones is 1. The molecule has 1 aliphatic rings. The summed E-state index contributed by atoms with van der Waals surface area (Å²) in [6.45, 7) is 6.02. The molecule has 2 rings (SSSR count). The molecule has 1 heterocycles. The van der Waals surface area contributed by atoms with E-state index in [4.69, 9.17) is 4.74 Å². The second-order valence-corrected chi connectivity index (χ2v) is 5.02. The second kappa shape index (κ2) is 3.93. The molecule has 0 radical (unpaired) electrons. The average Bonchev–Trinajstić information content (AvgIpc) is 2.71. The SMILES string of the molecule is CCC(C)(C)C(=O)C1Cc2ccccc2O1. The molecule has 1 aliphatic heterocycles. The fourth-order valence-electron chi connectivity index (χ4n) is 1.94. The third-order valence-corrected chi connectivity index (χ3v) is 3.49. The first kappa shape index (κ1) is 11.2. The van der Waals surface area contributed by atoms with Crippen LogP contribution < -0.4 is 4.74 Å². The van der Waals surface area contributed by atoms with Gasteiger partial charge in [0.25, 0.3) is 0 Å². The van der Waals surface area contributed by atoms with Gasteiger partial charge in [0, 0.05) is 11.8 Å². The van der Waals surface area contributed by atoms with Crippen LogP contribution in [0.3, 0.4) is 0 Å². The average molecular weight is 218 g/mol. The molecule has 0 aliphatic carbocycles. The van der Waals surface area contributed by atoms with Gasteiger partial charge in [-0.25, -0.2) is 0 Å². The maximum atomic E-state index is 12.2. The minimum atomic E-state index is -0.285. The number of para-hydroxylation sites is 1. The van der Waals surface area contributed by atoms with Crippen molar-refractivity contribution in [1.82, 2.24) is 0 Å². The predicted octanol–water partition coefficient (Wildman–Crippen LogP) is 3.00. The summed E-state index contributed by atoms with van der Waals surface area (Å²) in [4.78, 5) is 12.2. The Morgan fingerprint density at radius 2 is 2.12 bits per heavy atom. The lowest BCUT2D eigenvalue weighted by molar-refractivity contribution is -0.133. The fraction of sp³-hybridized carbons (Fsp3) is 0.500. The summed E-state index contributed by atoms with van der Waals surface area (Å²) in [5.74, 6) is 1.08. The molecule has 0 aromatic heterocycles. The lowest BCUT2D eigenvalue weighted by Crippen LogP contribution is -2.36. The van der Waals surface area contributed by atoms with E-state index in [0.717, 1.165) is 24.2 Å². The fourth-order valence-corrected chi connectivity index (χ4v) is 1.94.